The molecule has 1 nitrogen and oxygen atoms in total. The third-order valence-corrected chi connectivity index (χ3v) is 6.07. The van der Waals surface area contributed by atoms with Crippen molar-refractivity contribution in [3.8, 4) is 0 Å². The smallest absolute Gasteiger partial charge is 0.0220 e. The largest absolute Gasteiger partial charge is 0.313 e. The van der Waals surface area contributed by atoms with Crippen LogP contribution < -0.4 is 5.32 Å². The maximum atomic E-state index is 3.79. The van der Waals surface area contributed by atoms with E-state index in [1.54, 1.807) is 5.56 Å². The minimum absolute atomic E-state index is 0.737. The van der Waals surface area contributed by atoms with Gasteiger partial charge in [0.2, 0.25) is 0 Å². The summed E-state index contributed by atoms with van der Waals surface area (Å²) in [6.45, 7) is 3.36. The molecule has 0 radical (unpaired) electrons. The number of hydrogen-bond acceptors (Lipinski definition) is 2. The van der Waals surface area contributed by atoms with E-state index < -0.39 is 0 Å². The van der Waals surface area contributed by atoms with E-state index in [2.05, 4.69) is 54.3 Å². The molecular weight excluding hydrogens is 250 g/mol. The summed E-state index contributed by atoms with van der Waals surface area (Å²) in [5.41, 5.74) is 1.55. The summed E-state index contributed by atoms with van der Waals surface area (Å²) in [6, 6.07) is 11.8. The molecule has 1 aliphatic carbocycles. The maximum absolute atomic E-state index is 3.79. The predicted octanol–water partition coefficient (Wildman–Crippen LogP) is 4.05. The third-order valence-electron chi connectivity index (χ3n) is 4.58. The Hall–Kier alpha value is -0.470. The maximum Gasteiger partial charge on any atom is 0.0220 e. The highest BCUT2D eigenvalue weighted by Crippen LogP contribution is 2.52. The Morgan fingerprint density at radius 2 is 2.11 bits per heavy atom. The highest BCUT2D eigenvalue weighted by Gasteiger charge is 2.46. The van der Waals surface area contributed by atoms with Gasteiger partial charge >= 0.3 is 0 Å². The van der Waals surface area contributed by atoms with Gasteiger partial charge in [0.05, 0.1) is 0 Å². The summed E-state index contributed by atoms with van der Waals surface area (Å²) in [4.78, 5) is 0. The van der Waals surface area contributed by atoms with Crippen LogP contribution in [0.5, 0.6) is 0 Å². The minimum atomic E-state index is 0.737. The fourth-order valence-corrected chi connectivity index (χ4v) is 5.05. The van der Waals surface area contributed by atoms with Gasteiger partial charge in [-0.2, -0.15) is 11.8 Å². The van der Waals surface area contributed by atoms with Crippen LogP contribution in [0.4, 0.5) is 0 Å². The predicted molar refractivity (Wildman–Crippen MR) is 84.9 cm³/mol. The lowest BCUT2D eigenvalue weighted by molar-refractivity contribution is 0.427. The topological polar surface area (TPSA) is 12.0 Å². The van der Waals surface area contributed by atoms with E-state index in [-0.39, 0.29) is 0 Å². The second kappa shape index (κ2) is 6.32. The van der Waals surface area contributed by atoms with Crippen molar-refractivity contribution in [2.75, 3.05) is 12.3 Å². The van der Waals surface area contributed by atoms with E-state index in [0.29, 0.717) is 0 Å². The van der Waals surface area contributed by atoms with Crippen LogP contribution >= 0.6 is 11.8 Å². The number of rotatable bonds is 5. The Morgan fingerprint density at radius 1 is 1.26 bits per heavy atom. The molecule has 2 heteroatoms. The average Bonchev–Trinajstić information content (AvgIpc) is 3.27. The number of hydrogen-bond donors (Lipinski definition) is 1. The fourth-order valence-electron chi connectivity index (χ4n) is 3.54. The van der Waals surface area contributed by atoms with Gasteiger partial charge < -0.3 is 5.32 Å². The van der Waals surface area contributed by atoms with Crippen molar-refractivity contribution < 1.29 is 0 Å². The summed E-state index contributed by atoms with van der Waals surface area (Å²) in [5, 5.41) is 4.65. The lowest BCUT2D eigenvalue weighted by Crippen LogP contribution is -2.41. The highest BCUT2D eigenvalue weighted by molar-refractivity contribution is 8.00. The van der Waals surface area contributed by atoms with Gasteiger partial charge in [0.25, 0.3) is 0 Å². The van der Waals surface area contributed by atoms with Crippen molar-refractivity contribution in [2.45, 2.75) is 49.8 Å². The second-order valence-electron chi connectivity index (χ2n) is 5.91. The van der Waals surface area contributed by atoms with Gasteiger partial charge in [-0.15, -0.1) is 0 Å². The first-order chi connectivity index (χ1) is 9.40. The Bertz CT molecular complexity index is 386. The van der Waals surface area contributed by atoms with Gasteiger partial charge in [0, 0.05) is 11.3 Å². The van der Waals surface area contributed by atoms with Gasteiger partial charge in [-0.25, -0.2) is 0 Å². The van der Waals surface area contributed by atoms with Gasteiger partial charge in [-0.3, -0.25) is 0 Å². The van der Waals surface area contributed by atoms with Crippen molar-refractivity contribution in [3.05, 3.63) is 35.9 Å². The van der Waals surface area contributed by atoms with Crippen LogP contribution in [0, 0.1) is 5.92 Å². The molecule has 1 aromatic rings. The number of benzene rings is 1. The van der Waals surface area contributed by atoms with Crippen molar-refractivity contribution >= 4 is 11.8 Å². The Balaban J connectivity index is 1.65. The van der Waals surface area contributed by atoms with E-state index in [0.717, 1.165) is 29.7 Å². The molecule has 19 heavy (non-hydrogen) atoms. The highest BCUT2D eigenvalue weighted by atomic mass is 32.2. The molecule has 1 saturated carbocycles. The van der Waals surface area contributed by atoms with Crippen LogP contribution in [-0.2, 0) is 0 Å². The standard InChI is InChI=1S/C17H25NS/c1-2-18-17(16-10-6-7-11-19-16)15-12-14(15)13-8-4-3-5-9-13/h3-5,8-9,14-18H,2,6-7,10-12H2,1H3. The minimum Gasteiger partial charge on any atom is -0.313 e. The van der Waals surface area contributed by atoms with E-state index in [1.807, 2.05) is 0 Å². The average molecular weight is 275 g/mol. The molecule has 4 atom stereocenters. The van der Waals surface area contributed by atoms with Gasteiger partial charge in [0.1, 0.15) is 0 Å². The van der Waals surface area contributed by atoms with Crippen molar-refractivity contribution in [3.63, 3.8) is 0 Å². The van der Waals surface area contributed by atoms with E-state index >= 15 is 0 Å². The summed E-state index contributed by atoms with van der Waals surface area (Å²) in [5.74, 6) is 3.06. The molecule has 1 N–H and O–H groups in total. The van der Waals surface area contributed by atoms with Crippen molar-refractivity contribution in [2.24, 2.45) is 5.92 Å². The monoisotopic (exact) mass is 275 g/mol. The molecule has 0 aromatic heterocycles. The molecule has 1 heterocycles. The van der Waals surface area contributed by atoms with Crippen LogP contribution in [0.2, 0.25) is 0 Å². The Labute approximate surface area is 121 Å². The van der Waals surface area contributed by atoms with Crippen LogP contribution in [-0.4, -0.2) is 23.6 Å². The van der Waals surface area contributed by atoms with E-state index in [9.17, 15) is 0 Å². The second-order valence-corrected chi connectivity index (χ2v) is 7.25. The quantitative estimate of drug-likeness (QED) is 0.870. The van der Waals surface area contributed by atoms with Gasteiger partial charge in [-0.1, -0.05) is 43.7 Å². The zero-order valence-corrected chi connectivity index (χ0v) is 12.7. The molecule has 0 spiro atoms. The summed E-state index contributed by atoms with van der Waals surface area (Å²) < 4.78 is 0. The van der Waals surface area contributed by atoms with E-state index in [4.69, 9.17) is 0 Å². The van der Waals surface area contributed by atoms with Crippen LogP contribution in [0.15, 0.2) is 30.3 Å². The first-order valence-corrected chi connectivity index (χ1v) is 8.85. The Kier molecular flexibility index (Phi) is 4.49. The molecule has 2 fully saturated rings. The Morgan fingerprint density at radius 3 is 2.79 bits per heavy atom. The van der Waals surface area contributed by atoms with Gasteiger partial charge in [-0.05, 0) is 49.0 Å². The van der Waals surface area contributed by atoms with Crippen LogP contribution in [0.3, 0.4) is 0 Å². The molecule has 1 aromatic carbocycles. The van der Waals surface area contributed by atoms with Gasteiger partial charge in [0.15, 0.2) is 0 Å². The lowest BCUT2D eigenvalue weighted by atomic mass is 9.99. The number of nitrogens with one attached hydrogen (secondary N) is 1. The van der Waals surface area contributed by atoms with Crippen molar-refractivity contribution in [1.82, 2.24) is 5.32 Å². The molecule has 2 aliphatic rings. The lowest BCUT2D eigenvalue weighted by Gasteiger charge is -2.31. The summed E-state index contributed by atoms with van der Waals surface area (Å²) in [7, 11) is 0. The van der Waals surface area contributed by atoms with Crippen LogP contribution in [0.25, 0.3) is 0 Å². The summed E-state index contributed by atoms with van der Waals surface area (Å²) in [6.07, 6.45) is 5.66. The third kappa shape index (κ3) is 3.17. The fraction of sp³-hybridized carbons (Fsp3) is 0.647. The first-order valence-electron chi connectivity index (χ1n) is 7.80. The zero-order valence-electron chi connectivity index (χ0n) is 11.8. The molecule has 1 saturated heterocycles. The van der Waals surface area contributed by atoms with Crippen LogP contribution in [0.1, 0.15) is 44.1 Å². The molecule has 0 amide bonds. The molecular formula is C17H25NS. The molecule has 1 aliphatic heterocycles. The van der Waals surface area contributed by atoms with E-state index in [1.165, 1.54) is 31.4 Å². The molecule has 0 bridgehead atoms. The normalized spacial score (nSPS) is 31.9. The first kappa shape index (κ1) is 13.5. The number of thioether (sulfide) groups is 1. The molecule has 4 unspecified atom stereocenters. The zero-order chi connectivity index (χ0) is 13.1. The SMILES string of the molecule is CCNC(C1CCCCS1)C1CC1c1ccccc1. The molecule has 3 rings (SSSR count). The summed E-state index contributed by atoms with van der Waals surface area (Å²) >= 11 is 2.21. The van der Waals surface area contributed by atoms with Crippen molar-refractivity contribution in [1.29, 1.82) is 0 Å². The molecule has 104 valence electrons.